The molecule has 1 aromatic carbocycles. The Morgan fingerprint density at radius 1 is 1.25 bits per heavy atom. The van der Waals surface area contributed by atoms with Crippen molar-refractivity contribution in [3.63, 3.8) is 0 Å². The maximum atomic E-state index is 12.9. The lowest BCUT2D eigenvalue weighted by atomic mass is 9.89. The molecule has 1 fully saturated rings. The number of pyridine rings is 1. The minimum absolute atomic E-state index is 0.00910. The predicted molar refractivity (Wildman–Crippen MR) is 108 cm³/mol. The highest BCUT2D eigenvalue weighted by atomic mass is 35.5. The van der Waals surface area contributed by atoms with Crippen LogP contribution in [-0.2, 0) is 16.8 Å². The van der Waals surface area contributed by atoms with E-state index < -0.39 is 0 Å². The zero-order chi connectivity index (χ0) is 19.7. The third-order valence-electron chi connectivity index (χ3n) is 5.45. The van der Waals surface area contributed by atoms with Crippen LogP contribution in [0.15, 0.2) is 48.7 Å². The Balaban J connectivity index is 1.53. The SMILES string of the molecule is Cc1nc(C)n(CCC2(c3ccccc3)CC2C(=O)Nc2ccc(Cl)cn2)n1. The fraction of sp³-hybridized carbons (Fsp3) is 0.333. The van der Waals surface area contributed by atoms with Crippen molar-refractivity contribution in [2.45, 2.75) is 38.6 Å². The van der Waals surface area contributed by atoms with Crippen molar-refractivity contribution in [3.05, 3.63) is 70.9 Å². The second-order valence-electron chi connectivity index (χ2n) is 7.31. The van der Waals surface area contributed by atoms with Gasteiger partial charge in [0, 0.05) is 24.1 Å². The van der Waals surface area contributed by atoms with E-state index in [0.29, 0.717) is 10.8 Å². The number of aryl methyl sites for hydroxylation is 3. The van der Waals surface area contributed by atoms with Gasteiger partial charge >= 0.3 is 0 Å². The molecule has 1 aliphatic rings. The highest BCUT2D eigenvalue weighted by Crippen LogP contribution is 2.57. The van der Waals surface area contributed by atoms with Crippen molar-refractivity contribution >= 4 is 23.3 Å². The maximum absolute atomic E-state index is 12.9. The molecule has 1 saturated carbocycles. The Kier molecular flexibility index (Phi) is 4.89. The molecule has 0 saturated heterocycles. The molecule has 28 heavy (non-hydrogen) atoms. The highest BCUT2D eigenvalue weighted by molar-refractivity contribution is 6.30. The molecule has 0 bridgehead atoms. The first-order valence-corrected chi connectivity index (χ1v) is 9.72. The molecule has 2 heterocycles. The molecule has 1 amide bonds. The van der Waals surface area contributed by atoms with Crippen LogP contribution in [0.2, 0.25) is 5.02 Å². The molecule has 6 nitrogen and oxygen atoms in total. The monoisotopic (exact) mass is 395 g/mol. The number of hydrogen-bond donors (Lipinski definition) is 1. The molecular weight excluding hydrogens is 374 g/mol. The molecule has 0 spiro atoms. The van der Waals surface area contributed by atoms with Crippen molar-refractivity contribution in [1.29, 1.82) is 0 Å². The summed E-state index contributed by atoms with van der Waals surface area (Å²) in [7, 11) is 0. The first-order valence-electron chi connectivity index (χ1n) is 9.34. The van der Waals surface area contributed by atoms with Crippen molar-refractivity contribution in [3.8, 4) is 0 Å². The summed E-state index contributed by atoms with van der Waals surface area (Å²) in [5.41, 5.74) is 0.998. The number of nitrogens with zero attached hydrogens (tertiary/aromatic N) is 4. The summed E-state index contributed by atoms with van der Waals surface area (Å²) < 4.78 is 1.92. The van der Waals surface area contributed by atoms with Crippen LogP contribution in [0.1, 0.15) is 30.1 Å². The summed E-state index contributed by atoms with van der Waals surface area (Å²) in [6, 6.07) is 13.7. The minimum Gasteiger partial charge on any atom is -0.310 e. The number of benzene rings is 1. The molecule has 4 rings (SSSR count). The summed E-state index contributed by atoms with van der Waals surface area (Å²) in [6.07, 6.45) is 3.17. The molecule has 7 heteroatoms. The van der Waals surface area contributed by atoms with Gasteiger partial charge in [0.05, 0.1) is 5.02 Å². The number of carbonyl (C=O) groups excluding carboxylic acids is 1. The number of amides is 1. The van der Waals surface area contributed by atoms with E-state index >= 15 is 0 Å². The molecule has 2 unspecified atom stereocenters. The maximum Gasteiger partial charge on any atom is 0.229 e. The first kappa shape index (κ1) is 18.6. The van der Waals surface area contributed by atoms with E-state index in [1.54, 1.807) is 12.1 Å². The average molecular weight is 396 g/mol. The van der Waals surface area contributed by atoms with Crippen LogP contribution in [0.25, 0.3) is 0 Å². The van der Waals surface area contributed by atoms with Crippen molar-refractivity contribution < 1.29 is 4.79 Å². The highest BCUT2D eigenvalue weighted by Gasteiger charge is 2.58. The second-order valence-corrected chi connectivity index (χ2v) is 7.75. The topological polar surface area (TPSA) is 72.7 Å². The first-order chi connectivity index (χ1) is 13.5. The average Bonchev–Trinajstić information content (AvgIpc) is 3.35. The lowest BCUT2D eigenvalue weighted by Crippen LogP contribution is -2.23. The van der Waals surface area contributed by atoms with E-state index in [0.717, 1.165) is 31.0 Å². The zero-order valence-electron chi connectivity index (χ0n) is 15.9. The summed E-state index contributed by atoms with van der Waals surface area (Å²) >= 11 is 5.87. The number of halogens is 1. The molecule has 0 radical (unpaired) electrons. The zero-order valence-corrected chi connectivity index (χ0v) is 16.6. The van der Waals surface area contributed by atoms with E-state index in [1.807, 2.05) is 36.7 Å². The lowest BCUT2D eigenvalue weighted by Gasteiger charge is -2.18. The van der Waals surface area contributed by atoms with Gasteiger partial charge in [0.1, 0.15) is 17.5 Å². The molecule has 144 valence electrons. The summed E-state index contributed by atoms with van der Waals surface area (Å²) in [4.78, 5) is 21.5. The second kappa shape index (κ2) is 7.36. The van der Waals surface area contributed by atoms with Crippen LogP contribution < -0.4 is 5.32 Å². The molecule has 2 atom stereocenters. The van der Waals surface area contributed by atoms with Crippen LogP contribution in [0, 0.1) is 19.8 Å². The van der Waals surface area contributed by atoms with Gasteiger partial charge in [-0.15, -0.1) is 0 Å². The third kappa shape index (κ3) is 3.64. The largest absolute Gasteiger partial charge is 0.310 e. The smallest absolute Gasteiger partial charge is 0.229 e. The van der Waals surface area contributed by atoms with Gasteiger partial charge in [0.15, 0.2) is 0 Å². The number of nitrogens with one attached hydrogen (secondary N) is 1. The predicted octanol–water partition coefficient (Wildman–Crippen LogP) is 3.93. The number of rotatable bonds is 6. The minimum atomic E-state index is -0.190. The van der Waals surface area contributed by atoms with Crippen molar-refractivity contribution in [2.24, 2.45) is 5.92 Å². The molecule has 3 aromatic rings. The van der Waals surface area contributed by atoms with Gasteiger partial charge in [-0.05, 0) is 44.4 Å². The Bertz CT molecular complexity index is 986. The Labute approximate surface area is 169 Å². The van der Waals surface area contributed by atoms with Crippen LogP contribution in [0.5, 0.6) is 0 Å². The fourth-order valence-electron chi connectivity index (χ4n) is 3.90. The molecule has 1 N–H and O–H groups in total. The Morgan fingerprint density at radius 3 is 2.68 bits per heavy atom. The third-order valence-corrected chi connectivity index (χ3v) is 5.68. The van der Waals surface area contributed by atoms with E-state index in [-0.39, 0.29) is 17.2 Å². The summed E-state index contributed by atoms with van der Waals surface area (Å²) in [5, 5.41) is 7.93. The fourth-order valence-corrected chi connectivity index (χ4v) is 4.01. The number of hydrogen-bond acceptors (Lipinski definition) is 4. The van der Waals surface area contributed by atoms with Gasteiger partial charge in [-0.25, -0.2) is 9.97 Å². The number of anilines is 1. The van der Waals surface area contributed by atoms with Gasteiger partial charge in [-0.2, -0.15) is 5.10 Å². The van der Waals surface area contributed by atoms with Gasteiger partial charge < -0.3 is 5.32 Å². The van der Waals surface area contributed by atoms with E-state index in [2.05, 4.69) is 32.5 Å². The molecular formula is C21H22ClN5O. The standard InChI is InChI=1S/C21H22ClN5O/c1-14-24-15(2)27(26-14)11-10-21(16-6-4-3-5-7-16)12-18(21)20(28)25-19-9-8-17(22)13-23-19/h3-9,13,18H,10-12H2,1-2H3,(H,23,25,28). The van der Waals surface area contributed by atoms with Gasteiger partial charge in [0.2, 0.25) is 5.91 Å². The van der Waals surface area contributed by atoms with Crippen molar-refractivity contribution in [1.82, 2.24) is 19.7 Å². The molecule has 0 aliphatic heterocycles. The normalized spacial score (nSPS) is 20.8. The van der Waals surface area contributed by atoms with Crippen LogP contribution >= 0.6 is 11.6 Å². The van der Waals surface area contributed by atoms with Gasteiger partial charge in [0.25, 0.3) is 0 Å². The van der Waals surface area contributed by atoms with E-state index in [1.165, 1.54) is 11.8 Å². The summed E-state index contributed by atoms with van der Waals surface area (Å²) in [6.45, 7) is 4.58. The molecule has 1 aliphatic carbocycles. The van der Waals surface area contributed by atoms with Crippen molar-refractivity contribution in [2.75, 3.05) is 5.32 Å². The van der Waals surface area contributed by atoms with Crippen LogP contribution in [-0.4, -0.2) is 25.7 Å². The number of aromatic nitrogens is 4. The Hall–Kier alpha value is -2.73. The van der Waals surface area contributed by atoms with Crippen LogP contribution in [0.3, 0.4) is 0 Å². The van der Waals surface area contributed by atoms with E-state index in [9.17, 15) is 4.79 Å². The van der Waals surface area contributed by atoms with E-state index in [4.69, 9.17) is 11.6 Å². The number of carbonyl (C=O) groups is 1. The molecule has 2 aromatic heterocycles. The summed E-state index contributed by atoms with van der Waals surface area (Å²) in [5.74, 6) is 2.08. The Morgan fingerprint density at radius 2 is 2.04 bits per heavy atom. The van der Waals surface area contributed by atoms with Gasteiger partial charge in [-0.1, -0.05) is 41.9 Å². The van der Waals surface area contributed by atoms with Gasteiger partial charge in [-0.3, -0.25) is 9.48 Å². The van der Waals surface area contributed by atoms with Crippen LogP contribution in [0.4, 0.5) is 5.82 Å². The lowest BCUT2D eigenvalue weighted by molar-refractivity contribution is -0.117. The quantitative estimate of drug-likeness (QED) is 0.686.